The van der Waals surface area contributed by atoms with E-state index < -0.39 is 35.2 Å². The number of fused-ring (bicyclic) bond motifs is 1. The minimum atomic E-state index is -1.08. The minimum absolute atomic E-state index is 0.0299. The molecule has 0 radical (unpaired) electrons. The Morgan fingerprint density at radius 3 is 2.50 bits per heavy atom. The third-order valence-corrected chi connectivity index (χ3v) is 5.01. The Morgan fingerprint density at radius 1 is 1.23 bits per heavy atom. The molecule has 0 bridgehead atoms. The molecule has 1 heterocycles. The third kappa shape index (κ3) is 4.11. The summed E-state index contributed by atoms with van der Waals surface area (Å²) in [6.45, 7) is 3.56. The molecule has 1 atom stereocenters. The van der Waals surface area contributed by atoms with Crippen molar-refractivity contribution in [1.29, 1.82) is 0 Å². The van der Waals surface area contributed by atoms with Crippen molar-refractivity contribution >= 4 is 38.6 Å². The quantitative estimate of drug-likeness (QED) is 0.499. The van der Waals surface area contributed by atoms with Gasteiger partial charge >= 0.3 is 6.09 Å². The van der Waals surface area contributed by atoms with E-state index in [2.05, 4.69) is 20.9 Å². The predicted octanol–water partition coefficient (Wildman–Crippen LogP) is 5.06. The molecule has 2 aromatic carbocycles. The van der Waals surface area contributed by atoms with Crippen molar-refractivity contribution < 1.29 is 27.8 Å². The van der Waals surface area contributed by atoms with Crippen LogP contribution in [0.1, 0.15) is 41.4 Å². The molecule has 0 saturated heterocycles. The molecule has 2 N–H and O–H groups in total. The van der Waals surface area contributed by atoms with Gasteiger partial charge in [0, 0.05) is 27.0 Å². The smallest absolute Gasteiger partial charge is 0.405 e. The lowest BCUT2D eigenvalue weighted by Gasteiger charge is -2.15. The lowest BCUT2D eigenvalue weighted by Crippen LogP contribution is -2.16. The first-order valence-electron chi connectivity index (χ1n) is 8.94. The summed E-state index contributed by atoms with van der Waals surface area (Å²) < 4.78 is 40.2. The summed E-state index contributed by atoms with van der Waals surface area (Å²) in [5.41, 5.74) is 4.32. The average molecular weight is 479 g/mol. The van der Waals surface area contributed by atoms with Gasteiger partial charge in [-0.1, -0.05) is 12.1 Å². The number of nitrogens with two attached hydrogens (primary N) is 1. The molecule has 1 aromatic heterocycles. The van der Waals surface area contributed by atoms with E-state index in [1.807, 2.05) is 0 Å². The van der Waals surface area contributed by atoms with Crippen LogP contribution < -0.4 is 10.5 Å². The van der Waals surface area contributed by atoms with Gasteiger partial charge < -0.3 is 15.2 Å². The van der Waals surface area contributed by atoms with Crippen LogP contribution in [0.3, 0.4) is 0 Å². The van der Waals surface area contributed by atoms with Gasteiger partial charge in [0.2, 0.25) is 5.88 Å². The minimum Gasteiger partial charge on any atom is -0.478 e. The van der Waals surface area contributed by atoms with Crippen LogP contribution in [-0.2, 0) is 4.74 Å². The zero-order chi connectivity index (χ0) is 22.0. The van der Waals surface area contributed by atoms with Crippen LogP contribution in [0.4, 0.5) is 13.6 Å². The number of benzene rings is 2. The number of amides is 1. The first-order valence-corrected chi connectivity index (χ1v) is 9.73. The molecule has 0 fully saturated rings. The van der Waals surface area contributed by atoms with Gasteiger partial charge in [0.05, 0.1) is 12.2 Å². The van der Waals surface area contributed by atoms with E-state index in [4.69, 9.17) is 15.2 Å². The molecular formula is C21H17BrF2N2O4. The molecule has 0 aliphatic heterocycles. The van der Waals surface area contributed by atoms with Crippen molar-refractivity contribution in [2.75, 3.05) is 6.61 Å². The molecule has 3 aromatic rings. The molecule has 156 valence electrons. The number of aromatic nitrogens is 1. The fourth-order valence-corrected chi connectivity index (χ4v) is 3.63. The number of carbonyl (C=O) groups is 2. The molecule has 1 amide bonds. The number of ketones is 1. The Balaban J connectivity index is 2.13. The van der Waals surface area contributed by atoms with Gasteiger partial charge in [-0.2, -0.15) is 0 Å². The number of nitrogens with zero attached hydrogens (tertiary/aromatic N) is 1. The normalized spacial score (nSPS) is 11.9. The number of hydrogen-bond acceptors (Lipinski definition) is 5. The van der Waals surface area contributed by atoms with Crippen molar-refractivity contribution in [3.05, 3.63) is 69.3 Å². The van der Waals surface area contributed by atoms with Gasteiger partial charge in [-0.3, -0.25) is 4.79 Å². The summed E-state index contributed by atoms with van der Waals surface area (Å²) in [4.78, 5) is 28.2. The molecule has 0 spiro atoms. The van der Waals surface area contributed by atoms with Gasteiger partial charge in [0.25, 0.3) is 0 Å². The molecule has 0 aliphatic rings. The first kappa shape index (κ1) is 21.6. The number of pyridine rings is 1. The Kier molecular flexibility index (Phi) is 6.31. The summed E-state index contributed by atoms with van der Waals surface area (Å²) in [5, 5.41) is 0.951. The standard InChI is InChI=1S/C21H17BrF2N2O4/c1-3-29-20-13-6-4-5-12(17(13)14(22)9-26-20)19(27)18-15(23)7-11(8-16(18)24)10(2)30-21(25)28/h4-10H,3H2,1-2H3,(H2,25,28). The van der Waals surface area contributed by atoms with E-state index in [0.717, 1.165) is 12.1 Å². The Bertz CT molecular complexity index is 1130. The maximum absolute atomic E-state index is 14.8. The van der Waals surface area contributed by atoms with E-state index in [1.165, 1.54) is 19.2 Å². The Morgan fingerprint density at radius 2 is 1.90 bits per heavy atom. The molecule has 1 unspecified atom stereocenters. The monoisotopic (exact) mass is 478 g/mol. The van der Waals surface area contributed by atoms with Gasteiger partial charge in [-0.15, -0.1) is 0 Å². The van der Waals surface area contributed by atoms with Gasteiger partial charge in [0.1, 0.15) is 17.7 Å². The highest BCUT2D eigenvalue weighted by molar-refractivity contribution is 9.10. The fourth-order valence-electron chi connectivity index (χ4n) is 3.10. The van der Waals surface area contributed by atoms with Crippen LogP contribution in [0.5, 0.6) is 5.88 Å². The molecule has 3 rings (SSSR count). The summed E-state index contributed by atoms with van der Waals surface area (Å²) in [5.74, 6) is -2.71. The van der Waals surface area contributed by atoms with Crippen LogP contribution >= 0.6 is 15.9 Å². The second-order valence-corrected chi connectivity index (χ2v) is 7.19. The van der Waals surface area contributed by atoms with E-state index in [1.54, 1.807) is 19.1 Å². The van der Waals surface area contributed by atoms with Crippen molar-refractivity contribution in [1.82, 2.24) is 4.98 Å². The summed E-state index contributed by atoms with van der Waals surface area (Å²) in [6, 6.07) is 6.64. The third-order valence-electron chi connectivity index (χ3n) is 4.41. The molecule has 30 heavy (non-hydrogen) atoms. The van der Waals surface area contributed by atoms with Crippen LogP contribution in [-0.4, -0.2) is 23.5 Å². The lowest BCUT2D eigenvalue weighted by molar-refractivity contribution is 0.102. The van der Waals surface area contributed by atoms with Gasteiger partial charge in [-0.25, -0.2) is 18.6 Å². The summed E-state index contributed by atoms with van der Waals surface area (Å²) in [6.07, 6.45) is -0.604. The highest BCUT2D eigenvalue weighted by Crippen LogP contribution is 2.34. The average Bonchev–Trinajstić information content (AvgIpc) is 2.68. The van der Waals surface area contributed by atoms with E-state index >= 15 is 0 Å². The second-order valence-electron chi connectivity index (χ2n) is 6.34. The maximum atomic E-state index is 14.8. The van der Waals surface area contributed by atoms with Crippen LogP contribution in [0.25, 0.3) is 10.8 Å². The zero-order valence-electron chi connectivity index (χ0n) is 16.0. The maximum Gasteiger partial charge on any atom is 0.405 e. The van der Waals surface area contributed by atoms with Crippen LogP contribution in [0, 0.1) is 11.6 Å². The number of primary amides is 1. The van der Waals surface area contributed by atoms with E-state index in [9.17, 15) is 18.4 Å². The highest BCUT2D eigenvalue weighted by atomic mass is 79.9. The number of halogens is 3. The van der Waals surface area contributed by atoms with E-state index in [-0.39, 0.29) is 11.1 Å². The Labute approximate surface area is 179 Å². The van der Waals surface area contributed by atoms with Crippen molar-refractivity contribution in [2.45, 2.75) is 20.0 Å². The summed E-state index contributed by atoms with van der Waals surface area (Å²) >= 11 is 3.35. The SMILES string of the molecule is CCOc1ncc(Br)c2c(C(=O)c3c(F)cc(C(C)OC(N)=O)cc3F)cccc12. The van der Waals surface area contributed by atoms with Crippen molar-refractivity contribution in [3.63, 3.8) is 0 Å². The Hall–Kier alpha value is -3.07. The molecule has 9 heteroatoms. The largest absolute Gasteiger partial charge is 0.478 e. The zero-order valence-corrected chi connectivity index (χ0v) is 17.6. The van der Waals surface area contributed by atoms with Gasteiger partial charge in [0.15, 0.2) is 5.78 Å². The highest BCUT2D eigenvalue weighted by Gasteiger charge is 2.25. The molecular weight excluding hydrogens is 462 g/mol. The fraction of sp³-hybridized carbons (Fsp3) is 0.190. The molecule has 0 saturated carbocycles. The second kappa shape index (κ2) is 8.74. The summed E-state index contributed by atoms with van der Waals surface area (Å²) in [7, 11) is 0. The molecule has 6 nitrogen and oxygen atoms in total. The van der Waals surface area contributed by atoms with E-state index in [0.29, 0.717) is 27.7 Å². The number of carbonyl (C=O) groups excluding carboxylic acids is 2. The number of ether oxygens (including phenoxy) is 2. The topological polar surface area (TPSA) is 91.5 Å². The van der Waals surface area contributed by atoms with Crippen molar-refractivity contribution in [3.8, 4) is 5.88 Å². The predicted molar refractivity (Wildman–Crippen MR) is 109 cm³/mol. The van der Waals surface area contributed by atoms with Gasteiger partial charge in [-0.05, 0) is 53.5 Å². The first-order chi connectivity index (χ1) is 14.2. The van der Waals surface area contributed by atoms with Crippen molar-refractivity contribution in [2.24, 2.45) is 5.73 Å². The van der Waals surface area contributed by atoms with Crippen LogP contribution in [0.15, 0.2) is 41.0 Å². The number of hydrogen-bond donors (Lipinski definition) is 1. The van der Waals surface area contributed by atoms with Crippen LogP contribution in [0.2, 0.25) is 0 Å². The molecule has 0 aliphatic carbocycles. The lowest BCUT2D eigenvalue weighted by atomic mass is 9.95. The number of rotatable bonds is 6.